The normalized spacial score (nSPS) is 12.6. The molecule has 0 atom stereocenters. The fraction of sp³-hybridized carbons (Fsp3) is 0.0364. The van der Waals surface area contributed by atoms with Gasteiger partial charge in [0, 0.05) is 38.9 Å². The van der Waals surface area contributed by atoms with Crippen LogP contribution in [-0.2, 0) is 0 Å². The zero-order valence-corrected chi connectivity index (χ0v) is 32.5. The Morgan fingerprint density at radius 1 is 0.441 bits per heavy atom. The predicted molar refractivity (Wildman–Crippen MR) is 248 cm³/mol. The average molecular weight is 757 g/mol. The van der Waals surface area contributed by atoms with E-state index >= 15 is 0 Å². The first-order chi connectivity index (χ1) is 29.3. The van der Waals surface area contributed by atoms with Gasteiger partial charge in [-0.1, -0.05) is 146 Å². The third-order valence-corrected chi connectivity index (χ3v) is 11.6. The highest BCUT2D eigenvalue weighted by atomic mass is 15.3. The van der Waals surface area contributed by atoms with Gasteiger partial charge < -0.3 is 9.47 Å². The second-order valence-electron chi connectivity index (χ2n) is 15.2. The van der Waals surface area contributed by atoms with E-state index in [0.717, 1.165) is 46.5 Å². The van der Waals surface area contributed by atoms with Gasteiger partial charge in [-0.25, -0.2) is 4.68 Å². The molecule has 0 amide bonds. The molecule has 8 aromatic carbocycles. The number of fused-ring (bicyclic) bond motifs is 5. The molecular weight excluding hydrogens is 717 g/mol. The van der Waals surface area contributed by atoms with Crippen LogP contribution in [0.15, 0.2) is 219 Å². The molecule has 1 aliphatic rings. The molecule has 280 valence electrons. The molecule has 2 heterocycles. The van der Waals surface area contributed by atoms with Gasteiger partial charge >= 0.3 is 0 Å². The molecule has 0 saturated heterocycles. The molecule has 0 aliphatic heterocycles. The SMILES string of the molecule is C1=CC(n2c3ccc(-c4ccc(N(c5ccc(-c6ccccc6)cc5)c5ccc(-c6ccccc6)cc5)cc4)cc3c3ccc4cnn(-c5ccccc5)c4c32)=CCC1. The largest absolute Gasteiger partial charge is 0.311 e. The summed E-state index contributed by atoms with van der Waals surface area (Å²) in [6.07, 6.45) is 11.0. The van der Waals surface area contributed by atoms with E-state index < -0.39 is 0 Å². The number of rotatable bonds is 8. The molecule has 0 spiro atoms. The molecule has 59 heavy (non-hydrogen) atoms. The molecular formula is C55H40N4. The molecule has 4 heteroatoms. The van der Waals surface area contributed by atoms with Crippen molar-refractivity contribution in [2.75, 3.05) is 4.90 Å². The van der Waals surface area contributed by atoms with Crippen LogP contribution in [0.4, 0.5) is 17.1 Å². The summed E-state index contributed by atoms with van der Waals surface area (Å²) in [4.78, 5) is 2.34. The van der Waals surface area contributed by atoms with Crippen LogP contribution in [0.5, 0.6) is 0 Å². The number of benzene rings is 8. The zero-order valence-electron chi connectivity index (χ0n) is 32.5. The maximum atomic E-state index is 4.90. The van der Waals surface area contributed by atoms with Crippen LogP contribution >= 0.6 is 0 Å². The topological polar surface area (TPSA) is 26.0 Å². The first-order valence-corrected chi connectivity index (χ1v) is 20.4. The highest BCUT2D eigenvalue weighted by Crippen LogP contribution is 2.41. The van der Waals surface area contributed by atoms with E-state index in [1.54, 1.807) is 0 Å². The van der Waals surface area contributed by atoms with Crippen molar-refractivity contribution in [1.82, 2.24) is 14.3 Å². The Morgan fingerprint density at radius 2 is 0.966 bits per heavy atom. The summed E-state index contributed by atoms with van der Waals surface area (Å²) in [7, 11) is 0. The molecule has 11 rings (SSSR count). The second kappa shape index (κ2) is 14.7. The minimum absolute atomic E-state index is 1.02. The highest BCUT2D eigenvalue weighted by Gasteiger charge is 2.21. The Bertz CT molecular complexity index is 3070. The van der Waals surface area contributed by atoms with E-state index in [0.29, 0.717) is 0 Å². The van der Waals surface area contributed by atoms with Gasteiger partial charge in [0.1, 0.15) is 0 Å². The highest BCUT2D eigenvalue weighted by molar-refractivity contribution is 6.19. The van der Waals surface area contributed by atoms with Crippen LogP contribution in [0.25, 0.3) is 77.5 Å². The van der Waals surface area contributed by atoms with Gasteiger partial charge in [-0.15, -0.1) is 0 Å². The summed E-state index contributed by atoms with van der Waals surface area (Å²) < 4.78 is 4.54. The lowest BCUT2D eigenvalue weighted by atomic mass is 10.0. The molecule has 4 nitrogen and oxygen atoms in total. The number of hydrogen-bond acceptors (Lipinski definition) is 2. The quantitative estimate of drug-likeness (QED) is 0.154. The van der Waals surface area contributed by atoms with Gasteiger partial charge in [-0.2, -0.15) is 5.10 Å². The Balaban J connectivity index is 1.01. The van der Waals surface area contributed by atoms with Crippen molar-refractivity contribution in [1.29, 1.82) is 0 Å². The number of nitrogens with zero attached hydrogens (tertiary/aromatic N) is 4. The van der Waals surface area contributed by atoms with Gasteiger partial charge in [0.2, 0.25) is 0 Å². The summed E-state index contributed by atoms with van der Waals surface area (Å²) in [6, 6.07) is 69.8. The summed E-state index contributed by atoms with van der Waals surface area (Å²) in [5.74, 6) is 0. The van der Waals surface area contributed by atoms with Crippen LogP contribution in [-0.4, -0.2) is 14.3 Å². The summed E-state index contributed by atoms with van der Waals surface area (Å²) in [6.45, 7) is 0. The molecule has 0 N–H and O–H groups in total. The first-order valence-electron chi connectivity index (χ1n) is 20.4. The Hall–Kier alpha value is -7.69. The summed E-state index contributed by atoms with van der Waals surface area (Å²) in [5, 5.41) is 8.46. The lowest BCUT2D eigenvalue weighted by molar-refractivity contribution is 0.911. The predicted octanol–water partition coefficient (Wildman–Crippen LogP) is 14.8. The molecule has 0 fully saturated rings. The maximum Gasteiger partial charge on any atom is 0.0987 e. The van der Waals surface area contributed by atoms with E-state index in [-0.39, 0.29) is 0 Å². The van der Waals surface area contributed by atoms with E-state index in [1.165, 1.54) is 60.9 Å². The van der Waals surface area contributed by atoms with Crippen molar-refractivity contribution >= 4 is 55.5 Å². The molecule has 1 aliphatic carbocycles. The first kappa shape index (κ1) is 34.5. The van der Waals surface area contributed by atoms with E-state index in [1.807, 2.05) is 6.20 Å². The van der Waals surface area contributed by atoms with E-state index in [4.69, 9.17) is 5.10 Å². The fourth-order valence-electron chi connectivity index (χ4n) is 8.71. The van der Waals surface area contributed by atoms with Crippen LogP contribution in [0.2, 0.25) is 0 Å². The van der Waals surface area contributed by atoms with Gasteiger partial charge in [-0.3, -0.25) is 0 Å². The Morgan fingerprint density at radius 3 is 1.53 bits per heavy atom. The summed E-state index contributed by atoms with van der Waals surface area (Å²) >= 11 is 0. The summed E-state index contributed by atoms with van der Waals surface area (Å²) in [5.41, 5.74) is 16.2. The zero-order chi connectivity index (χ0) is 39.1. The van der Waals surface area contributed by atoms with Gasteiger partial charge in [-0.05, 0) is 113 Å². The smallest absolute Gasteiger partial charge is 0.0987 e. The molecule has 10 aromatic rings. The Kier molecular flexibility index (Phi) is 8.59. The van der Waals surface area contributed by atoms with Crippen molar-refractivity contribution in [3.8, 4) is 39.1 Å². The number of allylic oxidation sites excluding steroid dienone is 4. The average Bonchev–Trinajstić information content (AvgIpc) is 3.90. The van der Waals surface area contributed by atoms with Crippen molar-refractivity contribution in [2.45, 2.75) is 12.8 Å². The molecule has 0 bridgehead atoms. The van der Waals surface area contributed by atoms with Crippen LogP contribution in [0, 0.1) is 0 Å². The monoisotopic (exact) mass is 756 g/mol. The van der Waals surface area contributed by atoms with Gasteiger partial charge in [0.15, 0.2) is 0 Å². The van der Waals surface area contributed by atoms with E-state index in [9.17, 15) is 0 Å². The van der Waals surface area contributed by atoms with Gasteiger partial charge in [0.25, 0.3) is 0 Å². The van der Waals surface area contributed by atoms with Gasteiger partial charge in [0.05, 0.1) is 28.4 Å². The van der Waals surface area contributed by atoms with Crippen molar-refractivity contribution in [3.63, 3.8) is 0 Å². The molecule has 0 saturated carbocycles. The minimum atomic E-state index is 1.02. The van der Waals surface area contributed by atoms with Crippen LogP contribution in [0.1, 0.15) is 12.8 Å². The lowest BCUT2D eigenvalue weighted by Gasteiger charge is -2.26. The Labute approximate surface area is 343 Å². The molecule has 0 radical (unpaired) electrons. The number of anilines is 3. The third-order valence-electron chi connectivity index (χ3n) is 11.6. The molecule has 0 unspecified atom stereocenters. The fourth-order valence-corrected chi connectivity index (χ4v) is 8.71. The number of para-hydroxylation sites is 1. The lowest BCUT2D eigenvalue weighted by Crippen LogP contribution is -2.09. The minimum Gasteiger partial charge on any atom is -0.311 e. The van der Waals surface area contributed by atoms with Crippen molar-refractivity contribution in [3.05, 3.63) is 219 Å². The standard InChI is InChI=1S/C55H40N4/c1-5-13-39(14-6-1)41-21-29-47(30-22-41)57(48-31-23-42(24-32-48)40-15-7-2-8-16-40)49-33-25-43(26-34-49)44-28-36-53-52(37-44)51-35-27-45-38-56-59(50-19-11-4-12-20-50)54(45)55(51)58(53)46-17-9-3-10-18-46/h1-2,4-9,11-38H,3,10H2. The second-order valence-corrected chi connectivity index (χ2v) is 15.2. The number of aromatic nitrogens is 3. The van der Waals surface area contributed by atoms with Crippen LogP contribution < -0.4 is 4.90 Å². The number of hydrogen-bond donors (Lipinski definition) is 0. The van der Waals surface area contributed by atoms with Crippen molar-refractivity contribution in [2.24, 2.45) is 0 Å². The third kappa shape index (κ3) is 6.23. The van der Waals surface area contributed by atoms with E-state index in [2.05, 4.69) is 227 Å². The molecule has 2 aromatic heterocycles. The van der Waals surface area contributed by atoms with Crippen LogP contribution in [0.3, 0.4) is 0 Å². The maximum absolute atomic E-state index is 4.90. The van der Waals surface area contributed by atoms with Crippen molar-refractivity contribution < 1.29 is 0 Å².